The van der Waals surface area contributed by atoms with Crippen LogP contribution in [-0.2, 0) is 14.1 Å². The van der Waals surface area contributed by atoms with E-state index in [0.29, 0.717) is 17.2 Å². The average Bonchev–Trinajstić information content (AvgIpc) is 3.09. The second-order valence-electron chi connectivity index (χ2n) is 5.95. The van der Waals surface area contributed by atoms with E-state index in [0.717, 1.165) is 18.4 Å². The number of anilines is 1. The molecule has 0 aromatic carbocycles. The predicted molar refractivity (Wildman–Crippen MR) is 75.1 cm³/mol. The second kappa shape index (κ2) is 3.74. The van der Waals surface area contributed by atoms with Crippen molar-refractivity contribution in [2.24, 2.45) is 20.0 Å². The van der Waals surface area contributed by atoms with E-state index in [9.17, 15) is 9.59 Å². The summed E-state index contributed by atoms with van der Waals surface area (Å²) in [5, 5.41) is 0. The van der Waals surface area contributed by atoms with Gasteiger partial charge in [0.15, 0.2) is 11.2 Å². The van der Waals surface area contributed by atoms with E-state index in [2.05, 4.69) is 14.9 Å². The summed E-state index contributed by atoms with van der Waals surface area (Å²) >= 11 is 0. The zero-order valence-corrected chi connectivity index (χ0v) is 11.6. The molecule has 20 heavy (non-hydrogen) atoms. The van der Waals surface area contributed by atoms with Gasteiger partial charge in [0.05, 0.1) is 0 Å². The Morgan fingerprint density at radius 1 is 1.20 bits per heavy atom. The molecule has 0 spiro atoms. The molecule has 1 saturated heterocycles. The molecular formula is C13H17N5O2. The van der Waals surface area contributed by atoms with E-state index < -0.39 is 5.69 Å². The number of nitrogens with one attached hydrogen (secondary N) is 1. The van der Waals surface area contributed by atoms with E-state index in [4.69, 9.17) is 0 Å². The minimum absolute atomic E-state index is 0.367. The van der Waals surface area contributed by atoms with Crippen molar-refractivity contribution in [1.29, 1.82) is 0 Å². The highest BCUT2D eigenvalue weighted by Gasteiger charge is 2.39. The molecule has 1 saturated carbocycles. The third-order valence-corrected chi connectivity index (χ3v) is 4.78. The summed E-state index contributed by atoms with van der Waals surface area (Å²) in [6.45, 7) is 1.01. The van der Waals surface area contributed by atoms with Crippen LogP contribution >= 0.6 is 0 Å². The van der Waals surface area contributed by atoms with Crippen molar-refractivity contribution >= 4 is 17.1 Å². The number of hydrogen-bond acceptors (Lipinski definition) is 4. The number of nitrogens with zero attached hydrogens (tertiary/aromatic N) is 4. The Kier molecular flexibility index (Phi) is 2.20. The first-order valence-electron chi connectivity index (χ1n) is 6.98. The fourth-order valence-electron chi connectivity index (χ4n) is 3.72. The minimum Gasteiger partial charge on any atom is -0.339 e. The van der Waals surface area contributed by atoms with Gasteiger partial charge in [-0.2, -0.15) is 4.98 Å². The van der Waals surface area contributed by atoms with Gasteiger partial charge < -0.3 is 9.47 Å². The van der Waals surface area contributed by atoms with Gasteiger partial charge in [-0.15, -0.1) is 0 Å². The van der Waals surface area contributed by atoms with Gasteiger partial charge >= 0.3 is 5.69 Å². The van der Waals surface area contributed by atoms with Crippen molar-refractivity contribution in [2.45, 2.75) is 25.3 Å². The zero-order valence-electron chi connectivity index (χ0n) is 11.6. The lowest BCUT2D eigenvalue weighted by Gasteiger charge is -2.27. The molecule has 2 atom stereocenters. The third-order valence-electron chi connectivity index (χ3n) is 4.78. The number of rotatable bonds is 1. The number of imidazole rings is 1. The van der Waals surface area contributed by atoms with Crippen LogP contribution in [0.25, 0.3) is 11.2 Å². The number of piperidine rings is 1. The first kappa shape index (κ1) is 11.7. The topological polar surface area (TPSA) is 75.9 Å². The Bertz CT molecular complexity index is 815. The Balaban J connectivity index is 1.96. The molecule has 106 valence electrons. The highest BCUT2D eigenvalue weighted by molar-refractivity contribution is 5.74. The van der Waals surface area contributed by atoms with Crippen LogP contribution in [0.15, 0.2) is 9.59 Å². The number of aromatic amines is 1. The molecule has 1 aliphatic heterocycles. The maximum Gasteiger partial charge on any atom is 0.329 e. The van der Waals surface area contributed by atoms with Crippen molar-refractivity contribution in [3.8, 4) is 0 Å². The van der Waals surface area contributed by atoms with Crippen LogP contribution in [-0.4, -0.2) is 31.7 Å². The lowest BCUT2D eigenvalue weighted by Crippen LogP contribution is -2.34. The lowest BCUT2D eigenvalue weighted by atomic mass is 10.1. The molecule has 2 bridgehead atoms. The van der Waals surface area contributed by atoms with E-state index in [1.54, 1.807) is 7.05 Å². The lowest BCUT2D eigenvalue weighted by molar-refractivity contribution is 0.543. The molecule has 7 nitrogen and oxygen atoms in total. The van der Waals surface area contributed by atoms with Gasteiger partial charge in [-0.25, -0.2) is 4.79 Å². The van der Waals surface area contributed by atoms with Crippen LogP contribution in [0.1, 0.15) is 19.3 Å². The summed E-state index contributed by atoms with van der Waals surface area (Å²) in [6, 6.07) is 0.534. The Labute approximate surface area is 114 Å². The molecule has 2 fully saturated rings. The quantitative estimate of drug-likeness (QED) is 0.791. The highest BCUT2D eigenvalue weighted by Crippen LogP contribution is 2.39. The number of fused-ring (bicyclic) bond motifs is 3. The molecular weight excluding hydrogens is 258 g/mol. The monoisotopic (exact) mass is 275 g/mol. The smallest absolute Gasteiger partial charge is 0.329 e. The average molecular weight is 275 g/mol. The van der Waals surface area contributed by atoms with Gasteiger partial charge in [0.1, 0.15) is 0 Å². The zero-order chi connectivity index (χ0) is 14.0. The molecule has 0 unspecified atom stereocenters. The van der Waals surface area contributed by atoms with E-state index in [-0.39, 0.29) is 5.56 Å². The summed E-state index contributed by atoms with van der Waals surface area (Å²) in [7, 11) is 3.48. The van der Waals surface area contributed by atoms with E-state index in [1.807, 2.05) is 11.6 Å². The summed E-state index contributed by atoms with van der Waals surface area (Å²) in [5.41, 5.74) is 0.132. The number of aromatic nitrogens is 4. The first-order valence-corrected chi connectivity index (χ1v) is 6.98. The number of H-pyrrole nitrogens is 1. The summed E-state index contributed by atoms with van der Waals surface area (Å²) in [5.74, 6) is 1.56. The minimum atomic E-state index is -0.421. The third kappa shape index (κ3) is 1.37. The number of hydrogen-bond donors (Lipinski definition) is 1. The summed E-state index contributed by atoms with van der Waals surface area (Å²) in [6.07, 6.45) is 3.71. The molecule has 0 radical (unpaired) electrons. The van der Waals surface area contributed by atoms with Crippen LogP contribution in [0.4, 0.5) is 5.95 Å². The molecule has 2 aliphatic rings. The maximum atomic E-state index is 12.0. The van der Waals surface area contributed by atoms with Gasteiger partial charge in [0, 0.05) is 26.7 Å². The molecule has 0 amide bonds. The van der Waals surface area contributed by atoms with E-state index in [1.165, 1.54) is 23.8 Å². The van der Waals surface area contributed by atoms with Gasteiger partial charge in [0.25, 0.3) is 5.56 Å². The van der Waals surface area contributed by atoms with Crippen molar-refractivity contribution in [3.63, 3.8) is 0 Å². The summed E-state index contributed by atoms with van der Waals surface area (Å²) < 4.78 is 3.21. The molecule has 4 rings (SSSR count). The van der Waals surface area contributed by atoms with Crippen LogP contribution in [0, 0.1) is 5.92 Å². The number of aryl methyl sites for hydroxylation is 2. The maximum absolute atomic E-state index is 12.0. The normalized spacial score (nSPS) is 25.0. The largest absolute Gasteiger partial charge is 0.339 e. The SMILES string of the molecule is Cn1c(N2C[C@H]3CC[C@H]2C3)nc2c1c(=O)[nH]c(=O)n2C. The Hall–Kier alpha value is -2.05. The van der Waals surface area contributed by atoms with Crippen LogP contribution in [0.5, 0.6) is 0 Å². The van der Waals surface area contributed by atoms with Crippen LogP contribution < -0.4 is 16.1 Å². The molecule has 1 N–H and O–H groups in total. The molecule has 1 aliphatic carbocycles. The predicted octanol–water partition coefficient (Wildman–Crippen LogP) is -0.0510. The fraction of sp³-hybridized carbons (Fsp3) is 0.615. The van der Waals surface area contributed by atoms with Crippen LogP contribution in [0.3, 0.4) is 0 Å². The van der Waals surface area contributed by atoms with Gasteiger partial charge in [-0.3, -0.25) is 14.3 Å². The fourth-order valence-corrected chi connectivity index (χ4v) is 3.72. The molecule has 7 heteroatoms. The van der Waals surface area contributed by atoms with Gasteiger partial charge in [0.2, 0.25) is 5.95 Å². The van der Waals surface area contributed by atoms with Crippen molar-refractivity contribution in [1.82, 2.24) is 19.1 Å². The van der Waals surface area contributed by atoms with Gasteiger partial charge in [-0.05, 0) is 25.2 Å². The summed E-state index contributed by atoms with van der Waals surface area (Å²) in [4.78, 5) is 32.9. The van der Waals surface area contributed by atoms with Crippen molar-refractivity contribution in [3.05, 3.63) is 20.8 Å². The molecule has 2 aromatic rings. The molecule has 3 heterocycles. The first-order chi connectivity index (χ1) is 9.56. The Morgan fingerprint density at radius 3 is 2.65 bits per heavy atom. The molecule has 2 aromatic heterocycles. The Morgan fingerprint density at radius 2 is 2.00 bits per heavy atom. The van der Waals surface area contributed by atoms with Crippen molar-refractivity contribution < 1.29 is 0 Å². The standard InChI is InChI=1S/C13H17N5O2/c1-16-9-10(17(2)13(20)15-11(9)19)14-12(16)18-6-7-3-4-8(18)5-7/h7-8H,3-6H2,1-2H3,(H,15,19,20)/t7-,8-/m0/s1. The highest BCUT2D eigenvalue weighted by atomic mass is 16.2. The second-order valence-corrected chi connectivity index (χ2v) is 5.95. The van der Waals surface area contributed by atoms with Gasteiger partial charge in [-0.1, -0.05) is 0 Å². The van der Waals surface area contributed by atoms with Crippen LogP contribution in [0.2, 0.25) is 0 Å². The van der Waals surface area contributed by atoms with Crippen molar-refractivity contribution in [2.75, 3.05) is 11.4 Å². The van der Waals surface area contributed by atoms with E-state index >= 15 is 0 Å².